The summed E-state index contributed by atoms with van der Waals surface area (Å²) in [5.41, 5.74) is 1.76. The van der Waals surface area contributed by atoms with Crippen LogP contribution in [0.1, 0.15) is 12.1 Å². The van der Waals surface area contributed by atoms with E-state index in [-0.39, 0.29) is 16.8 Å². The number of imidazole rings is 1. The lowest BCUT2D eigenvalue weighted by molar-refractivity contribution is -0.127. The molecule has 0 bridgehead atoms. The molecule has 1 amide bonds. The summed E-state index contributed by atoms with van der Waals surface area (Å²) in [6, 6.07) is 14.1. The van der Waals surface area contributed by atoms with Gasteiger partial charge in [-0.1, -0.05) is 36.0 Å². The normalized spacial score (nSPS) is 11.1. The average Bonchev–Trinajstić information content (AvgIpc) is 3.04. The van der Waals surface area contributed by atoms with Crippen LogP contribution >= 0.6 is 11.8 Å². The van der Waals surface area contributed by atoms with E-state index in [1.54, 1.807) is 43.3 Å². The number of para-hydroxylation sites is 2. The van der Waals surface area contributed by atoms with Crippen molar-refractivity contribution in [2.24, 2.45) is 0 Å². The molecular formula is C19H19F2N3O2S. The maximum Gasteiger partial charge on any atom is 0.321 e. The summed E-state index contributed by atoms with van der Waals surface area (Å²) in [4.78, 5) is 18.2. The number of halogens is 2. The third kappa shape index (κ3) is 4.39. The van der Waals surface area contributed by atoms with Crippen LogP contribution in [0.3, 0.4) is 0 Å². The van der Waals surface area contributed by atoms with Crippen LogP contribution in [-0.2, 0) is 11.3 Å². The van der Waals surface area contributed by atoms with Crippen LogP contribution in [0.5, 0.6) is 5.75 Å². The molecule has 8 heteroatoms. The number of nitrogens with zero attached hydrogens (tertiary/aromatic N) is 3. The molecule has 5 nitrogen and oxygen atoms in total. The van der Waals surface area contributed by atoms with Gasteiger partial charge in [-0.2, -0.15) is 8.78 Å². The largest absolute Gasteiger partial charge is 0.497 e. The number of benzene rings is 2. The number of fused-ring (bicyclic) bond motifs is 1. The van der Waals surface area contributed by atoms with Gasteiger partial charge in [0.2, 0.25) is 5.91 Å². The van der Waals surface area contributed by atoms with Gasteiger partial charge in [-0.05, 0) is 29.8 Å². The lowest BCUT2D eigenvalue weighted by atomic mass is 10.2. The fourth-order valence-electron chi connectivity index (χ4n) is 2.68. The molecule has 1 heterocycles. The number of carbonyl (C=O) groups is 1. The highest BCUT2D eigenvalue weighted by Crippen LogP contribution is 2.29. The summed E-state index contributed by atoms with van der Waals surface area (Å²) < 4.78 is 32.9. The number of aromatic nitrogens is 2. The number of rotatable bonds is 7. The number of hydrogen-bond acceptors (Lipinski definition) is 4. The van der Waals surface area contributed by atoms with Crippen LogP contribution in [0, 0.1) is 0 Å². The van der Waals surface area contributed by atoms with Crippen LogP contribution in [0.25, 0.3) is 11.0 Å². The Morgan fingerprint density at radius 3 is 2.78 bits per heavy atom. The van der Waals surface area contributed by atoms with Gasteiger partial charge in [0, 0.05) is 13.6 Å². The number of hydrogen-bond donors (Lipinski definition) is 0. The lowest BCUT2D eigenvalue weighted by Crippen LogP contribution is -2.27. The van der Waals surface area contributed by atoms with Gasteiger partial charge in [-0.3, -0.25) is 9.36 Å². The van der Waals surface area contributed by atoms with E-state index < -0.39 is 6.55 Å². The first-order valence-corrected chi connectivity index (χ1v) is 9.23. The second-order valence-electron chi connectivity index (χ2n) is 5.92. The SMILES string of the molecule is COc1cccc(CN(C)C(=O)CSc2nc3ccccc3n2C(F)F)c1. The number of thioether (sulfide) groups is 1. The third-order valence-corrected chi connectivity index (χ3v) is 5.00. The Labute approximate surface area is 159 Å². The minimum absolute atomic E-state index is 0.0243. The fraction of sp³-hybridized carbons (Fsp3) is 0.263. The third-order valence-electron chi connectivity index (χ3n) is 4.06. The standard InChI is InChI=1S/C19H19F2N3O2S/c1-23(11-13-6-5-7-14(10-13)26-2)17(25)12-27-19-22-15-8-3-4-9-16(15)24(19)18(20)21/h3-10,18H,11-12H2,1-2H3. The lowest BCUT2D eigenvalue weighted by Gasteiger charge is -2.17. The maximum atomic E-state index is 13.4. The van der Waals surface area contributed by atoms with Crippen molar-refractivity contribution < 1.29 is 18.3 Å². The monoisotopic (exact) mass is 391 g/mol. The molecule has 1 aromatic heterocycles. The Bertz CT molecular complexity index is 946. The minimum Gasteiger partial charge on any atom is -0.497 e. The first kappa shape index (κ1) is 19.2. The van der Waals surface area contributed by atoms with E-state index >= 15 is 0 Å². The van der Waals surface area contributed by atoms with Gasteiger partial charge in [-0.15, -0.1) is 0 Å². The van der Waals surface area contributed by atoms with Crippen molar-refractivity contribution in [3.05, 3.63) is 54.1 Å². The quantitative estimate of drug-likeness (QED) is 0.567. The molecule has 0 spiro atoms. The van der Waals surface area contributed by atoms with Crippen molar-refractivity contribution >= 4 is 28.7 Å². The zero-order valence-corrected chi connectivity index (χ0v) is 15.7. The summed E-state index contributed by atoms with van der Waals surface area (Å²) in [5.74, 6) is 0.570. The Kier molecular flexibility index (Phi) is 5.95. The Morgan fingerprint density at radius 1 is 1.26 bits per heavy atom. The topological polar surface area (TPSA) is 47.4 Å². The first-order valence-electron chi connectivity index (χ1n) is 8.24. The minimum atomic E-state index is -2.72. The molecule has 0 radical (unpaired) electrons. The summed E-state index contributed by atoms with van der Waals surface area (Å²) in [5, 5.41) is 0.134. The molecular weight excluding hydrogens is 372 g/mol. The van der Waals surface area contributed by atoms with E-state index in [1.807, 2.05) is 24.3 Å². The van der Waals surface area contributed by atoms with Gasteiger partial charge in [0.05, 0.1) is 23.9 Å². The number of methoxy groups -OCH3 is 1. The van der Waals surface area contributed by atoms with Crippen molar-refractivity contribution in [2.45, 2.75) is 18.3 Å². The predicted octanol–water partition coefficient (Wildman–Crippen LogP) is 4.19. The molecule has 0 N–H and O–H groups in total. The van der Waals surface area contributed by atoms with E-state index in [0.717, 1.165) is 21.9 Å². The van der Waals surface area contributed by atoms with Gasteiger partial charge in [0.25, 0.3) is 0 Å². The summed E-state index contributed by atoms with van der Waals surface area (Å²) in [6.07, 6.45) is 0. The van der Waals surface area contributed by atoms with E-state index in [4.69, 9.17) is 4.74 Å². The van der Waals surface area contributed by atoms with Crippen molar-refractivity contribution in [1.29, 1.82) is 0 Å². The Morgan fingerprint density at radius 2 is 2.04 bits per heavy atom. The summed E-state index contributed by atoms with van der Waals surface area (Å²) in [7, 11) is 3.26. The molecule has 0 atom stereocenters. The van der Waals surface area contributed by atoms with Gasteiger partial charge in [0.1, 0.15) is 5.75 Å². The predicted molar refractivity (Wildman–Crippen MR) is 101 cm³/mol. The highest BCUT2D eigenvalue weighted by atomic mass is 32.2. The van der Waals surface area contributed by atoms with Gasteiger partial charge in [0.15, 0.2) is 5.16 Å². The van der Waals surface area contributed by atoms with E-state index in [9.17, 15) is 13.6 Å². The molecule has 0 unspecified atom stereocenters. The fourth-order valence-corrected chi connectivity index (χ4v) is 3.64. The van der Waals surface area contributed by atoms with Crippen LogP contribution < -0.4 is 4.74 Å². The second kappa shape index (κ2) is 8.39. The molecule has 2 aromatic carbocycles. The van der Waals surface area contributed by atoms with Crippen molar-refractivity contribution in [3.8, 4) is 5.75 Å². The second-order valence-corrected chi connectivity index (χ2v) is 6.86. The number of carbonyl (C=O) groups excluding carboxylic acids is 1. The molecule has 142 valence electrons. The molecule has 0 saturated carbocycles. The molecule has 0 fully saturated rings. The highest BCUT2D eigenvalue weighted by molar-refractivity contribution is 7.99. The highest BCUT2D eigenvalue weighted by Gasteiger charge is 2.19. The average molecular weight is 391 g/mol. The van der Waals surface area contributed by atoms with E-state index in [0.29, 0.717) is 23.3 Å². The Balaban J connectivity index is 1.68. The van der Waals surface area contributed by atoms with E-state index in [2.05, 4.69) is 4.98 Å². The summed E-state index contributed by atoms with van der Waals surface area (Å²) in [6.45, 7) is -2.31. The molecule has 0 aliphatic rings. The van der Waals surface area contributed by atoms with Crippen LogP contribution in [0.2, 0.25) is 0 Å². The van der Waals surface area contributed by atoms with Crippen LogP contribution in [-0.4, -0.2) is 40.3 Å². The van der Waals surface area contributed by atoms with Crippen molar-refractivity contribution in [1.82, 2.24) is 14.5 Å². The summed E-state index contributed by atoms with van der Waals surface area (Å²) >= 11 is 1.01. The molecule has 0 aliphatic heterocycles. The molecule has 0 saturated heterocycles. The molecule has 3 aromatic rings. The molecule has 3 rings (SSSR count). The molecule has 27 heavy (non-hydrogen) atoms. The van der Waals surface area contributed by atoms with Crippen molar-refractivity contribution in [2.75, 3.05) is 19.9 Å². The zero-order chi connectivity index (χ0) is 19.4. The number of amides is 1. The van der Waals surface area contributed by atoms with E-state index in [1.165, 1.54) is 0 Å². The van der Waals surface area contributed by atoms with Crippen molar-refractivity contribution in [3.63, 3.8) is 0 Å². The van der Waals surface area contributed by atoms with Gasteiger partial charge >= 0.3 is 6.55 Å². The Hall–Kier alpha value is -2.61. The van der Waals surface area contributed by atoms with Gasteiger partial charge in [-0.25, -0.2) is 4.98 Å². The van der Waals surface area contributed by atoms with Crippen LogP contribution in [0.4, 0.5) is 8.78 Å². The molecule has 0 aliphatic carbocycles. The zero-order valence-electron chi connectivity index (χ0n) is 14.9. The first-order chi connectivity index (χ1) is 13.0. The number of ether oxygens (including phenoxy) is 1. The number of alkyl halides is 2. The maximum absolute atomic E-state index is 13.4. The van der Waals surface area contributed by atoms with Gasteiger partial charge < -0.3 is 9.64 Å². The van der Waals surface area contributed by atoms with Crippen LogP contribution in [0.15, 0.2) is 53.7 Å². The smallest absolute Gasteiger partial charge is 0.321 e.